The number of anilines is 1. The van der Waals surface area contributed by atoms with Crippen LogP contribution in [0.4, 0.5) is 32.0 Å². The summed E-state index contributed by atoms with van der Waals surface area (Å²) in [6, 6.07) is 8.61. The topological polar surface area (TPSA) is 24.4 Å². The molecule has 0 amide bonds. The summed E-state index contributed by atoms with van der Waals surface area (Å²) in [6.45, 7) is 0. The van der Waals surface area contributed by atoms with Crippen LogP contribution in [0, 0.1) is 0 Å². The largest absolute Gasteiger partial charge is 0.416 e. The molecule has 2 nitrogen and oxygen atoms in total. The third-order valence-electron chi connectivity index (χ3n) is 2.83. The molecule has 0 unspecified atom stereocenters. The normalized spacial score (nSPS) is 12.6. The molecule has 0 aromatic heterocycles. The second-order valence-corrected chi connectivity index (χ2v) is 4.57. The maximum atomic E-state index is 12.5. The van der Waals surface area contributed by atoms with Crippen molar-refractivity contribution in [1.29, 1.82) is 0 Å². The van der Waals surface area contributed by atoms with E-state index in [0.29, 0.717) is 0 Å². The lowest BCUT2D eigenvalue weighted by Gasteiger charge is -2.07. The van der Waals surface area contributed by atoms with Crippen molar-refractivity contribution in [3.8, 4) is 0 Å². The van der Waals surface area contributed by atoms with Crippen LogP contribution in [-0.2, 0) is 12.4 Å². The molecule has 0 saturated heterocycles. The van der Waals surface area contributed by atoms with Crippen LogP contribution in [0.2, 0.25) is 0 Å². The summed E-state index contributed by atoms with van der Waals surface area (Å²) in [4.78, 5) is 0. The van der Waals surface area contributed by atoms with Crippen molar-refractivity contribution in [3.63, 3.8) is 0 Å². The van der Waals surface area contributed by atoms with Crippen molar-refractivity contribution in [2.24, 2.45) is 5.10 Å². The Morgan fingerprint density at radius 1 is 0.783 bits per heavy atom. The first-order valence-electron chi connectivity index (χ1n) is 6.30. The number of nitrogens with one attached hydrogen (secondary N) is 1. The van der Waals surface area contributed by atoms with Gasteiger partial charge in [0, 0.05) is 0 Å². The first kappa shape index (κ1) is 16.9. The molecule has 0 atom stereocenters. The third kappa shape index (κ3) is 4.73. The Morgan fingerprint density at radius 3 is 1.96 bits per heavy atom. The Bertz CT molecular complexity index is 686. The van der Waals surface area contributed by atoms with Gasteiger partial charge in [0.25, 0.3) is 0 Å². The minimum atomic E-state index is -4.45. The molecule has 2 aromatic carbocycles. The number of hydrogen-bond donors (Lipinski definition) is 1. The lowest BCUT2D eigenvalue weighted by atomic mass is 10.1. The fourth-order valence-electron chi connectivity index (χ4n) is 1.71. The van der Waals surface area contributed by atoms with Crippen molar-refractivity contribution in [3.05, 3.63) is 65.2 Å². The Labute approximate surface area is 127 Å². The van der Waals surface area contributed by atoms with E-state index in [2.05, 4.69) is 10.5 Å². The molecule has 0 heterocycles. The lowest BCUT2D eigenvalue weighted by molar-refractivity contribution is -0.138. The van der Waals surface area contributed by atoms with Gasteiger partial charge in [0.15, 0.2) is 0 Å². The van der Waals surface area contributed by atoms with Gasteiger partial charge in [-0.05, 0) is 42.0 Å². The Hall–Kier alpha value is -2.51. The minimum Gasteiger partial charge on any atom is -0.279 e. The van der Waals surface area contributed by atoms with Crippen molar-refractivity contribution in [2.45, 2.75) is 12.4 Å². The molecule has 23 heavy (non-hydrogen) atoms. The summed E-state index contributed by atoms with van der Waals surface area (Å²) in [5, 5.41) is 3.70. The van der Waals surface area contributed by atoms with Crippen LogP contribution in [0.1, 0.15) is 16.7 Å². The van der Waals surface area contributed by atoms with Gasteiger partial charge >= 0.3 is 12.4 Å². The van der Waals surface area contributed by atoms with E-state index in [1.54, 1.807) is 0 Å². The molecule has 122 valence electrons. The third-order valence-corrected chi connectivity index (χ3v) is 2.83. The average molecular weight is 332 g/mol. The van der Waals surface area contributed by atoms with E-state index in [9.17, 15) is 26.3 Å². The Balaban J connectivity index is 2.05. The van der Waals surface area contributed by atoms with E-state index in [4.69, 9.17) is 0 Å². The summed E-state index contributed by atoms with van der Waals surface area (Å²) in [5.74, 6) is 0. The van der Waals surface area contributed by atoms with Gasteiger partial charge in [-0.2, -0.15) is 31.4 Å². The lowest BCUT2D eigenvalue weighted by Crippen LogP contribution is -2.05. The zero-order valence-electron chi connectivity index (χ0n) is 11.4. The number of hydrogen-bond acceptors (Lipinski definition) is 2. The van der Waals surface area contributed by atoms with Crippen LogP contribution >= 0.6 is 0 Å². The van der Waals surface area contributed by atoms with Gasteiger partial charge in [0.05, 0.1) is 23.0 Å². The van der Waals surface area contributed by atoms with Crippen LogP contribution in [-0.4, -0.2) is 6.21 Å². The molecule has 0 saturated carbocycles. The number of nitrogens with zero attached hydrogens (tertiary/aromatic N) is 1. The summed E-state index contributed by atoms with van der Waals surface area (Å²) in [5.41, 5.74) is 1.33. The van der Waals surface area contributed by atoms with Crippen LogP contribution in [0.3, 0.4) is 0 Å². The van der Waals surface area contributed by atoms with Gasteiger partial charge in [0.1, 0.15) is 0 Å². The monoisotopic (exact) mass is 332 g/mol. The maximum Gasteiger partial charge on any atom is 0.416 e. The Morgan fingerprint density at radius 2 is 1.39 bits per heavy atom. The fraction of sp³-hybridized carbons (Fsp3) is 0.133. The van der Waals surface area contributed by atoms with Gasteiger partial charge in [-0.1, -0.05) is 12.1 Å². The highest BCUT2D eigenvalue weighted by Crippen LogP contribution is 2.30. The summed E-state index contributed by atoms with van der Waals surface area (Å²) in [6.07, 6.45) is -7.74. The van der Waals surface area contributed by atoms with Crippen LogP contribution in [0.15, 0.2) is 53.6 Å². The molecule has 0 spiro atoms. The van der Waals surface area contributed by atoms with Gasteiger partial charge < -0.3 is 0 Å². The van der Waals surface area contributed by atoms with Crippen LogP contribution in [0.25, 0.3) is 0 Å². The number of alkyl halides is 6. The fourth-order valence-corrected chi connectivity index (χ4v) is 1.71. The molecule has 2 aromatic rings. The van der Waals surface area contributed by atoms with Crippen molar-refractivity contribution < 1.29 is 26.3 Å². The first-order valence-corrected chi connectivity index (χ1v) is 6.30. The molecule has 0 aliphatic carbocycles. The zero-order chi connectivity index (χ0) is 17.1. The molecule has 8 heteroatoms. The highest BCUT2D eigenvalue weighted by molar-refractivity contribution is 5.80. The maximum absolute atomic E-state index is 12.5. The number of hydrazone groups is 1. The van der Waals surface area contributed by atoms with Gasteiger partial charge in [0.2, 0.25) is 0 Å². The summed E-state index contributed by atoms with van der Waals surface area (Å²) < 4.78 is 74.8. The highest BCUT2D eigenvalue weighted by Gasteiger charge is 2.30. The van der Waals surface area contributed by atoms with Crippen LogP contribution < -0.4 is 5.43 Å². The summed E-state index contributed by atoms with van der Waals surface area (Å²) in [7, 11) is 0. The van der Waals surface area contributed by atoms with Crippen molar-refractivity contribution in [2.75, 3.05) is 5.43 Å². The van der Waals surface area contributed by atoms with Crippen LogP contribution in [0.5, 0.6) is 0 Å². The zero-order valence-corrected chi connectivity index (χ0v) is 11.4. The number of halogens is 6. The standard InChI is InChI=1S/C15H10F6N2/c16-14(17,18)11-4-6-13(7-5-11)23-22-9-10-2-1-3-12(8-10)15(19,20)21/h1-9,23H. The second-order valence-electron chi connectivity index (χ2n) is 4.57. The van der Waals surface area contributed by atoms with E-state index >= 15 is 0 Å². The SMILES string of the molecule is FC(F)(F)c1ccc(NN=Cc2cccc(C(F)(F)F)c2)cc1. The molecule has 1 N–H and O–H groups in total. The van der Waals surface area contributed by atoms with Gasteiger partial charge in [-0.3, -0.25) is 5.43 Å². The molecular formula is C15H10F6N2. The quantitative estimate of drug-likeness (QED) is 0.468. The van der Waals surface area contributed by atoms with Gasteiger partial charge in [-0.15, -0.1) is 0 Å². The highest BCUT2D eigenvalue weighted by atomic mass is 19.4. The molecule has 0 bridgehead atoms. The average Bonchev–Trinajstić information content (AvgIpc) is 2.46. The predicted molar refractivity (Wildman–Crippen MR) is 74.1 cm³/mol. The summed E-state index contributed by atoms with van der Waals surface area (Å²) >= 11 is 0. The molecule has 0 aliphatic heterocycles. The van der Waals surface area contributed by atoms with E-state index < -0.39 is 23.5 Å². The van der Waals surface area contributed by atoms with Gasteiger partial charge in [-0.25, -0.2) is 0 Å². The second kappa shape index (κ2) is 6.31. The molecule has 0 aliphatic rings. The van der Waals surface area contributed by atoms with Crippen molar-refractivity contribution in [1.82, 2.24) is 0 Å². The van der Waals surface area contributed by atoms with E-state index in [0.717, 1.165) is 30.5 Å². The van der Waals surface area contributed by atoms with E-state index in [-0.39, 0.29) is 11.3 Å². The molecule has 0 radical (unpaired) electrons. The minimum absolute atomic E-state index is 0.208. The smallest absolute Gasteiger partial charge is 0.279 e. The first-order chi connectivity index (χ1) is 10.7. The predicted octanol–water partition coefficient (Wildman–Crippen LogP) is 5.17. The van der Waals surface area contributed by atoms with Crippen molar-refractivity contribution >= 4 is 11.9 Å². The number of rotatable bonds is 3. The van der Waals surface area contributed by atoms with E-state index in [1.165, 1.54) is 24.3 Å². The number of benzene rings is 2. The Kier molecular flexibility index (Phi) is 4.63. The molecule has 2 rings (SSSR count). The van der Waals surface area contributed by atoms with E-state index in [1.807, 2.05) is 0 Å². The molecule has 0 fully saturated rings. The molecular weight excluding hydrogens is 322 g/mol.